The number of esters is 6. The molecule has 0 unspecified atom stereocenters. The van der Waals surface area contributed by atoms with Crippen LogP contribution in [-0.4, -0.2) is 104 Å². The van der Waals surface area contributed by atoms with E-state index in [1.165, 1.54) is 0 Å². The van der Waals surface area contributed by atoms with Crippen molar-refractivity contribution >= 4 is 35.8 Å². The predicted molar refractivity (Wildman–Crippen MR) is 421 cm³/mol. The maximum Gasteiger partial charge on any atom is 0.306 e. The van der Waals surface area contributed by atoms with E-state index in [2.05, 4.69) is 0 Å². The third kappa shape index (κ3) is 24.5. The summed E-state index contributed by atoms with van der Waals surface area (Å²) in [5.41, 5.74) is 8.31. The van der Waals surface area contributed by atoms with E-state index < -0.39 is 106 Å². The molecule has 0 saturated carbocycles. The van der Waals surface area contributed by atoms with E-state index in [9.17, 15) is 40.2 Å². The van der Waals surface area contributed by atoms with E-state index >= 15 is 19.2 Å². The largest absolute Gasteiger partial charge is 0.507 e. The normalized spacial score (nSPS) is 13.4. The summed E-state index contributed by atoms with van der Waals surface area (Å²) in [5.74, 6) is -4.64. The van der Waals surface area contributed by atoms with Crippen LogP contribution in [-0.2, 0) is 128 Å². The zero-order chi connectivity index (χ0) is 81.3. The molecule has 590 valence electrons. The smallest absolute Gasteiger partial charge is 0.306 e. The maximum atomic E-state index is 15.3. The van der Waals surface area contributed by atoms with Gasteiger partial charge in [0.15, 0.2) is 24.4 Å². The third-order valence-corrected chi connectivity index (χ3v) is 19.7. The summed E-state index contributed by atoms with van der Waals surface area (Å²) in [6.07, 6.45) is -9.33. The quantitative estimate of drug-likeness (QED) is 0.0188. The van der Waals surface area contributed by atoms with Gasteiger partial charge in [0.2, 0.25) is 0 Å². The monoisotopic (exact) mass is 1490 g/mol. The average Bonchev–Trinajstić information content (AvgIpc) is 0.847. The molecule has 108 heavy (non-hydrogen) atoms. The topological polar surface area (TPSA) is 279 Å². The number of carbonyl (C=O) groups excluding carboxylic acids is 6. The van der Waals surface area contributed by atoms with Crippen LogP contribution in [0.3, 0.4) is 0 Å². The second-order valence-corrected chi connectivity index (χ2v) is 35.7. The lowest BCUT2D eigenvalue weighted by Crippen LogP contribution is -2.54. The van der Waals surface area contributed by atoms with Gasteiger partial charge in [-0.15, -0.1) is 0 Å². The molecule has 6 N–H and O–H groups in total. The molecule has 0 aromatic heterocycles. The van der Waals surface area contributed by atoms with Crippen molar-refractivity contribution in [3.63, 3.8) is 0 Å². The van der Waals surface area contributed by atoms with Crippen LogP contribution in [0.5, 0.6) is 34.5 Å². The fourth-order valence-corrected chi connectivity index (χ4v) is 13.4. The van der Waals surface area contributed by atoms with Crippen LogP contribution >= 0.6 is 0 Å². The van der Waals surface area contributed by atoms with Crippen LogP contribution in [0.2, 0.25) is 0 Å². The van der Waals surface area contributed by atoms with Gasteiger partial charge in [0, 0.05) is 38.5 Å². The Bertz CT molecular complexity index is 3970. The molecule has 0 spiro atoms. The van der Waals surface area contributed by atoms with Crippen LogP contribution in [0.15, 0.2) is 72.8 Å². The summed E-state index contributed by atoms with van der Waals surface area (Å²) in [6.45, 7) is 43.9. The lowest BCUT2D eigenvalue weighted by Gasteiger charge is -2.36. The molecule has 0 saturated heterocycles. The number of aromatic hydroxyl groups is 6. The molecule has 6 rings (SSSR count). The Morgan fingerprint density at radius 1 is 0.259 bits per heavy atom. The Hall–Kier alpha value is -9.06. The van der Waals surface area contributed by atoms with Crippen LogP contribution in [0.4, 0.5) is 0 Å². The van der Waals surface area contributed by atoms with Gasteiger partial charge in [-0.2, -0.15) is 0 Å². The number of aryl methyl sites for hydroxylation is 12. The maximum absolute atomic E-state index is 15.3. The third-order valence-electron chi connectivity index (χ3n) is 19.7. The summed E-state index contributed by atoms with van der Waals surface area (Å²) in [7, 11) is 0. The summed E-state index contributed by atoms with van der Waals surface area (Å²) >= 11 is 0. The van der Waals surface area contributed by atoms with Crippen molar-refractivity contribution in [3.8, 4) is 34.5 Å². The molecule has 0 radical (unpaired) electrons. The van der Waals surface area contributed by atoms with Crippen LogP contribution in [0, 0.1) is 41.5 Å². The van der Waals surface area contributed by atoms with Crippen molar-refractivity contribution in [2.24, 2.45) is 0 Å². The second-order valence-electron chi connectivity index (χ2n) is 35.7. The van der Waals surface area contributed by atoms with Gasteiger partial charge in [0.25, 0.3) is 0 Å². The first-order valence-electron chi connectivity index (χ1n) is 37.8. The van der Waals surface area contributed by atoms with Gasteiger partial charge in [0.1, 0.15) is 47.7 Å². The molecule has 6 aromatic carbocycles. The van der Waals surface area contributed by atoms with Crippen molar-refractivity contribution in [1.29, 1.82) is 0 Å². The fourth-order valence-electron chi connectivity index (χ4n) is 13.4. The molecule has 4 atom stereocenters. The Kier molecular flexibility index (Phi) is 28.9. The van der Waals surface area contributed by atoms with Gasteiger partial charge >= 0.3 is 35.8 Å². The van der Waals surface area contributed by atoms with Gasteiger partial charge in [0.05, 0.1) is 0 Å². The highest BCUT2D eigenvalue weighted by Crippen LogP contribution is 2.41. The highest BCUT2D eigenvalue weighted by molar-refractivity contribution is 5.74. The fraction of sp³-hybridized carbons (Fsp3) is 0.533. The summed E-state index contributed by atoms with van der Waals surface area (Å²) in [5, 5.41) is 67.2. The number of hydrogen-bond donors (Lipinski definition) is 6. The summed E-state index contributed by atoms with van der Waals surface area (Å²) < 4.78 is 38.4. The van der Waals surface area contributed by atoms with E-state index in [0.717, 1.165) is 0 Å². The van der Waals surface area contributed by atoms with Crippen LogP contribution in [0.25, 0.3) is 0 Å². The predicted octanol–water partition coefficient (Wildman–Crippen LogP) is 17.4. The van der Waals surface area contributed by atoms with E-state index in [1.807, 2.05) is 137 Å². The van der Waals surface area contributed by atoms with Crippen molar-refractivity contribution in [1.82, 2.24) is 0 Å². The zero-order valence-corrected chi connectivity index (χ0v) is 68.7. The van der Waals surface area contributed by atoms with Crippen LogP contribution in [0.1, 0.15) is 263 Å². The first kappa shape index (κ1) is 87.8. The number of ether oxygens (including phenoxy) is 6. The van der Waals surface area contributed by atoms with E-state index in [4.69, 9.17) is 28.4 Å². The Labute approximate surface area is 641 Å². The van der Waals surface area contributed by atoms with Crippen molar-refractivity contribution in [3.05, 3.63) is 173 Å². The van der Waals surface area contributed by atoms with E-state index in [1.54, 1.807) is 102 Å². The van der Waals surface area contributed by atoms with Crippen molar-refractivity contribution in [2.45, 2.75) is 300 Å². The SMILES string of the molecule is Cc1cc(CCC(=O)OC[C@H](OC(=O)CCc2cc(C)c(O)c(C(C)(C)C)c2)[C@@H](OC(=O)CCc2cc(C)c(O)c(C(C)(C)C)c2)[C@H](OC(=O)CCc2cc(C)c(O)c(C(C)(C)C)c2)[C@@H](COC(=O)CCc2cc(C)c(O)c(C(C)(C)C)c2)OC(=O)CCc2cc(C)c(O)c(C(C)(C)C)c2)cc(C(C)(C)C)c1O. The molecule has 18 nitrogen and oxygen atoms in total. The van der Waals surface area contributed by atoms with Gasteiger partial charge in [-0.1, -0.05) is 197 Å². The highest BCUT2D eigenvalue weighted by atomic mass is 16.6. The number of rotatable bonds is 29. The molecule has 6 aromatic rings. The molecule has 0 bridgehead atoms. The van der Waals surface area contributed by atoms with Crippen LogP contribution < -0.4 is 0 Å². The lowest BCUT2D eigenvalue weighted by molar-refractivity contribution is -0.209. The van der Waals surface area contributed by atoms with Gasteiger partial charge < -0.3 is 59.1 Å². The number of benzene rings is 6. The second kappa shape index (κ2) is 35.5. The number of phenolic OH excluding ortho intramolecular Hbond substituents is 6. The molecule has 0 heterocycles. The van der Waals surface area contributed by atoms with E-state index in [-0.39, 0.29) is 112 Å². The molecule has 0 fully saturated rings. The Balaban J connectivity index is 1.58. The number of carbonyl (C=O) groups is 6. The number of phenols is 6. The lowest BCUT2D eigenvalue weighted by atomic mass is 9.83. The first-order chi connectivity index (χ1) is 49.7. The molecule has 0 aliphatic carbocycles. The van der Waals surface area contributed by atoms with Crippen molar-refractivity contribution in [2.75, 3.05) is 13.2 Å². The molecule has 0 aliphatic rings. The standard InChI is InChI=1S/C90H122O18/c1-51-37-57(43-63(77(51)97)85(7,8)9)25-31-71(91)103-49-69(105-73(93)33-27-59-39-53(3)79(99)65(45-59)87(13,14)15)83(107-75(95)35-29-61-41-55(5)81(101)67(47-61)89(19,20)21)84(108-76(96)36-30-62-42-56(6)82(102)68(48-62)90(22,23)24)70(106-74(94)34-28-60-40-54(4)80(100)66(46-60)88(16,17)18)50-104-72(92)32-26-58-38-52(2)78(98)64(44-58)86(10,11)12/h37-48,69-70,83-84,97-102H,25-36,49-50H2,1-24H3/t69-,70+,83-,84-/m1/s1. The minimum absolute atomic E-state index is 0.0278. The molecule has 18 heteroatoms. The number of hydrogen-bond acceptors (Lipinski definition) is 18. The Morgan fingerprint density at radius 2 is 0.417 bits per heavy atom. The minimum Gasteiger partial charge on any atom is -0.507 e. The molecular weight excluding hydrogens is 1370 g/mol. The summed E-state index contributed by atoms with van der Waals surface area (Å²) in [4.78, 5) is 89.6. The first-order valence-corrected chi connectivity index (χ1v) is 37.8. The highest BCUT2D eigenvalue weighted by Gasteiger charge is 2.46. The summed E-state index contributed by atoms with van der Waals surface area (Å²) in [6, 6.07) is 21.4. The van der Waals surface area contributed by atoms with E-state index in [0.29, 0.717) is 100 Å². The van der Waals surface area contributed by atoms with Crippen molar-refractivity contribution < 1.29 is 87.8 Å². The van der Waals surface area contributed by atoms with Gasteiger partial charge in [-0.3, -0.25) is 28.8 Å². The van der Waals surface area contributed by atoms with Gasteiger partial charge in [-0.05, 0) is 213 Å². The molecular formula is C90H122O18. The minimum atomic E-state index is -2.05. The molecule has 0 amide bonds. The average molecular weight is 1490 g/mol. The Morgan fingerprint density at radius 3 is 0.583 bits per heavy atom. The van der Waals surface area contributed by atoms with Gasteiger partial charge in [-0.25, -0.2) is 0 Å². The molecule has 0 aliphatic heterocycles. The zero-order valence-electron chi connectivity index (χ0n) is 68.7.